The van der Waals surface area contributed by atoms with Crippen molar-refractivity contribution in [2.24, 2.45) is 5.92 Å². The van der Waals surface area contributed by atoms with E-state index >= 15 is 0 Å². The molecule has 0 aliphatic heterocycles. The third-order valence-corrected chi connectivity index (χ3v) is 2.27. The van der Waals surface area contributed by atoms with E-state index in [1.807, 2.05) is 27.9 Å². The predicted octanol–water partition coefficient (Wildman–Crippen LogP) is 0.608. The number of methoxy groups -OCH3 is 1. The first-order valence-electron chi connectivity index (χ1n) is 6.15. The fraction of sp³-hybridized carbons (Fsp3) is 0.667. The second-order valence-electron chi connectivity index (χ2n) is 4.81. The zero-order valence-electron chi connectivity index (χ0n) is 12.1. The van der Waals surface area contributed by atoms with Crippen LogP contribution >= 0.6 is 0 Å². The minimum atomic E-state index is -0.0132. The minimum absolute atomic E-state index is 0.0132. The summed E-state index contributed by atoms with van der Waals surface area (Å²) in [6, 6.07) is 0.242. The molecule has 0 radical (unpaired) electrons. The maximum absolute atomic E-state index is 11.6. The Morgan fingerprint density at radius 1 is 1.32 bits per heavy atom. The number of aromatic nitrogens is 3. The number of nitrogens with zero attached hydrogens (tertiary/aromatic N) is 4. The maximum Gasteiger partial charge on any atom is 0.321 e. The average molecular weight is 267 g/mol. The number of hydrogen-bond acceptors (Lipinski definition) is 6. The summed E-state index contributed by atoms with van der Waals surface area (Å²) in [5.41, 5.74) is 0. The van der Waals surface area contributed by atoms with Crippen LogP contribution in [-0.4, -0.2) is 42.1 Å². The van der Waals surface area contributed by atoms with Gasteiger partial charge in [-0.1, -0.05) is 13.8 Å². The molecule has 19 heavy (non-hydrogen) atoms. The average Bonchev–Trinajstić information content (AvgIpc) is 2.35. The van der Waals surface area contributed by atoms with E-state index in [2.05, 4.69) is 20.3 Å². The van der Waals surface area contributed by atoms with Gasteiger partial charge in [0.15, 0.2) is 5.82 Å². The number of carbonyl (C=O) groups is 1. The number of carbonyl (C=O) groups excluding carboxylic acids is 1. The van der Waals surface area contributed by atoms with Crippen LogP contribution in [0.3, 0.4) is 0 Å². The quantitative estimate of drug-likeness (QED) is 0.813. The molecule has 0 fully saturated rings. The third kappa shape index (κ3) is 5.07. The van der Waals surface area contributed by atoms with Gasteiger partial charge in [-0.15, -0.1) is 0 Å². The summed E-state index contributed by atoms with van der Waals surface area (Å²) in [5, 5.41) is 2.78. The first kappa shape index (κ1) is 15.1. The van der Waals surface area contributed by atoms with Crippen molar-refractivity contribution in [2.45, 2.75) is 26.8 Å². The molecular weight excluding hydrogens is 246 g/mol. The summed E-state index contributed by atoms with van der Waals surface area (Å²) < 4.78 is 5.02. The summed E-state index contributed by atoms with van der Waals surface area (Å²) >= 11 is 0. The fourth-order valence-electron chi connectivity index (χ4n) is 1.38. The van der Waals surface area contributed by atoms with Gasteiger partial charge in [0.1, 0.15) is 0 Å². The molecule has 1 aromatic rings. The normalized spacial score (nSPS) is 10.4. The van der Waals surface area contributed by atoms with E-state index in [0.29, 0.717) is 24.1 Å². The van der Waals surface area contributed by atoms with Crippen LogP contribution in [-0.2, 0) is 11.3 Å². The Labute approximate surface area is 113 Å². The standard InChI is InChI=1S/C12H21N5O2/c1-8(2)6-10(18)13-7-9-14-11(17(3)4)16-12(15-9)19-5/h8H,6-7H2,1-5H3,(H,13,18). The SMILES string of the molecule is COc1nc(CNC(=O)CC(C)C)nc(N(C)C)n1. The van der Waals surface area contributed by atoms with E-state index in [-0.39, 0.29) is 18.5 Å². The predicted molar refractivity (Wildman–Crippen MR) is 72.0 cm³/mol. The molecule has 1 rings (SSSR count). The number of nitrogens with one attached hydrogen (secondary N) is 1. The van der Waals surface area contributed by atoms with Gasteiger partial charge in [0.05, 0.1) is 13.7 Å². The summed E-state index contributed by atoms with van der Waals surface area (Å²) in [6.07, 6.45) is 0.489. The molecule has 0 spiro atoms. The maximum atomic E-state index is 11.6. The van der Waals surface area contributed by atoms with Gasteiger partial charge in [0.25, 0.3) is 0 Å². The summed E-state index contributed by atoms with van der Waals surface area (Å²) in [6.45, 7) is 4.26. The lowest BCUT2D eigenvalue weighted by atomic mass is 10.1. The highest BCUT2D eigenvalue weighted by Gasteiger charge is 2.10. The molecule has 0 saturated heterocycles. The number of amides is 1. The van der Waals surface area contributed by atoms with Crippen LogP contribution in [0.2, 0.25) is 0 Å². The van der Waals surface area contributed by atoms with Crippen LogP contribution in [0.1, 0.15) is 26.1 Å². The van der Waals surface area contributed by atoms with Crippen molar-refractivity contribution in [1.29, 1.82) is 0 Å². The Bertz CT molecular complexity index is 434. The van der Waals surface area contributed by atoms with Crippen molar-refractivity contribution in [1.82, 2.24) is 20.3 Å². The van der Waals surface area contributed by atoms with Crippen LogP contribution in [0.5, 0.6) is 6.01 Å². The first-order chi connectivity index (χ1) is 8.92. The Morgan fingerprint density at radius 2 is 2.00 bits per heavy atom. The highest BCUT2D eigenvalue weighted by atomic mass is 16.5. The van der Waals surface area contributed by atoms with Crippen molar-refractivity contribution in [2.75, 3.05) is 26.1 Å². The zero-order chi connectivity index (χ0) is 14.4. The summed E-state index contributed by atoms with van der Waals surface area (Å²) in [7, 11) is 5.15. The molecule has 7 nitrogen and oxygen atoms in total. The second-order valence-corrected chi connectivity index (χ2v) is 4.81. The second kappa shape index (κ2) is 6.86. The topological polar surface area (TPSA) is 80.2 Å². The lowest BCUT2D eigenvalue weighted by Gasteiger charge is -2.12. The van der Waals surface area contributed by atoms with Crippen molar-refractivity contribution >= 4 is 11.9 Å². The van der Waals surface area contributed by atoms with E-state index in [1.165, 1.54) is 7.11 Å². The third-order valence-electron chi connectivity index (χ3n) is 2.27. The number of hydrogen-bond donors (Lipinski definition) is 1. The Hall–Kier alpha value is -1.92. The molecule has 1 aromatic heterocycles. The molecular formula is C12H21N5O2. The molecule has 0 aliphatic carbocycles. The highest BCUT2D eigenvalue weighted by Crippen LogP contribution is 2.09. The molecule has 1 amide bonds. The van der Waals surface area contributed by atoms with Gasteiger partial charge in [-0.3, -0.25) is 4.79 Å². The molecule has 0 bridgehead atoms. The number of rotatable bonds is 6. The summed E-state index contributed by atoms with van der Waals surface area (Å²) in [4.78, 5) is 25.8. The first-order valence-corrected chi connectivity index (χ1v) is 6.15. The molecule has 1 heterocycles. The molecule has 0 aromatic carbocycles. The Balaban J connectivity index is 2.72. The summed E-state index contributed by atoms with van der Waals surface area (Å²) in [5.74, 6) is 1.29. The van der Waals surface area contributed by atoms with Gasteiger partial charge >= 0.3 is 6.01 Å². The van der Waals surface area contributed by atoms with Crippen LogP contribution in [0, 0.1) is 5.92 Å². The van der Waals surface area contributed by atoms with Gasteiger partial charge in [-0.05, 0) is 5.92 Å². The van der Waals surface area contributed by atoms with Crippen LogP contribution < -0.4 is 15.0 Å². The largest absolute Gasteiger partial charge is 0.467 e. The van der Waals surface area contributed by atoms with Crippen LogP contribution in [0.25, 0.3) is 0 Å². The molecule has 0 atom stereocenters. The van der Waals surface area contributed by atoms with E-state index in [9.17, 15) is 4.79 Å². The number of anilines is 1. The fourth-order valence-corrected chi connectivity index (χ4v) is 1.38. The molecule has 7 heteroatoms. The van der Waals surface area contributed by atoms with Crippen molar-refractivity contribution in [3.63, 3.8) is 0 Å². The lowest BCUT2D eigenvalue weighted by Crippen LogP contribution is -2.26. The monoisotopic (exact) mass is 267 g/mol. The van der Waals surface area contributed by atoms with E-state index in [1.54, 1.807) is 4.90 Å². The molecule has 106 valence electrons. The lowest BCUT2D eigenvalue weighted by molar-refractivity contribution is -0.122. The van der Waals surface area contributed by atoms with Gasteiger partial charge in [-0.2, -0.15) is 15.0 Å². The Morgan fingerprint density at radius 3 is 2.53 bits per heavy atom. The van der Waals surface area contributed by atoms with E-state index in [0.717, 1.165) is 0 Å². The van der Waals surface area contributed by atoms with E-state index in [4.69, 9.17) is 4.74 Å². The van der Waals surface area contributed by atoms with Gasteiger partial charge < -0.3 is 15.0 Å². The zero-order valence-corrected chi connectivity index (χ0v) is 12.1. The molecule has 0 saturated carbocycles. The van der Waals surface area contributed by atoms with Gasteiger partial charge in [0.2, 0.25) is 11.9 Å². The van der Waals surface area contributed by atoms with Crippen LogP contribution in [0.15, 0.2) is 0 Å². The smallest absolute Gasteiger partial charge is 0.321 e. The Kier molecular flexibility index (Phi) is 5.47. The van der Waals surface area contributed by atoms with Gasteiger partial charge in [0, 0.05) is 20.5 Å². The number of ether oxygens (including phenoxy) is 1. The molecule has 0 aliphatic rings. The molecule has 1 N–H and O–H groups in total. The minimum Gasteiger partial charge on any atom is -0.467 e. The van der Waals surface area contributed by atoms with Crippen LogP contribution in [0.4, 0.5) is 5.95 Å². The highest BCUT2D eigenvalue weighted by molar-refractivity contribution is 5.75. The van der Waals surface area contributed by atoms with E-state index < -0.39 is 0 Å². The van der Waals surface area contributed by atoms with Gasteiger partial charge in [-0.25, -0.2) is 0 Å². The van der Waals surface area contributed by atoms with Crippen molar-refractivity contribution < 1.29 is 9.53 Å². The molecule has 0 unspecified atom stereocenters. The van der Waals surface area contributed by atoms with Crippen molar-refractivity contribution in [3.05, 3.63) is 5.82 Å². The van der Waals surface area contributed by atoms with Crippen molar-refractivity contribution in [3.8, 4) is 6.01 Å².